The minimum Gasteiger partial charge on any atom is -0.494 e. The van der Waals surface area contributed by atoms with Gasteiger partial charge in [0.15, 0.2) is 5.70 Å². The number of esters is 1. The molecule has 2 aromatic rings. The molecule has 0 amide bonds. The SMILES string of the molecule is CCCCCCCCOc1ccc(C=C2N=C(C=Cc3cccc([N+](=O)[O-])c3)OC2=O)cc1. The molecule has 0 aliphatic carbocycles. The van der Waals surface area contributed by atoms with Crippen LogP contribution >= 0.6 is 0 Å². The molecule has 0 aromatic heterocycles. The van der Waals surface area contributed by atoms with Crippen molar-refractivity contribution in [3.05, 3.63) is 81.5 Å². The maximum absolute atomic E-state index is 12.1. The summed E-state index contributed by atoms with van der Waals surface area (Å²) >= 11 is 0. The van der Waals surface area contributed by atoms with Crippen LogP contribution in [0.5, 0.6) is 5.75 Å². The van der Waals surface area contributed by atoms with E-state index in [0.717, 1.165) is 17.7 Å². The lowest BCUT2D eigenvalue weighted by Gasteiger charge is -2.06. The lowest BCUT2D eigenvalue weighted by Crippen LogP contribution is -2.01. The fourth-order valence-electron chi connectivity index (χ4n) is 3.30. The van der Waals surface area contributed by atoms with Gasteiger partial charge in [0.05, 0.1) is 11.5 Å². The number of rotatable bonds is 12. The number of non-ortho nitro benzene ring substituents is 1. The van der Waals surface area contributed by atoms with E-state index >= 15 is 0 Å². The highest BCUT2D eigenvalue weighted by Crippen LogP contribution is 2.20. The van der Waals surface area contributed by atoms with Gasteiger partial charge >= 0.3 is 5.97 Å². The number of benzene rings is 2. The molecular weight excluding hydrogens is 420 g/mol. The highest BCUT2D eigenvalue weighted by Gasteiger charge is 2.21. The van der Waals surface area contributed by atoms with Crippen LogP contribution in [0.2, 0.25) is 0 Å². The first-order chi connectivity index (χ1) is 16.0. The van der Waals surface area contributed by atoms with E-state index in [4.69, 9.17) is 9.47 Å². The van der Waals surface area contributed by atoms with E-state index < -0.39 is 10.9 Å². The second kappa shape index (κ2) is 12.3. The predicted octanol–water partition coefficient (Wildman–Crippen LogP) is 6.34. The first-order valence-electron chi connectivity index (χ1n) is 11.2. The zero-order valence-corrected chi connectivity index (χ0v) is 18.7. The molecule has 3 rings (SSSR count). The van der Waals surface area contributed by atoms with E-state index in [1.54, 1.807) is 24.3 Å². The highest BCUT2D eigenvalue weighted by molar-refractivity contribution is 6.11. The first kappa shape index (κ1) is 23.9. The molecule has 33 heavy (non-hydrogen) atoms. The summed E-state index contributed by atoms with van der Waals surface area (Å²) in [4.78, 5) is 26.7. The molecule has 7 heteroatoms. The summed E-state index contributed by atoms with van der Waals surface area (Å²) in [5.74, 6) is 0.387. The van der Waals surface area contributed by atoms with Crippen LogP contribution in [0.25, 0.3) is 12.2 Å². The Morgan fingerprint density at radius 2 is 1.76 bits per heavy atom. The van der Waals surface area contributed by atoms with Gasteiger partial charge in [-0.15, -0.1) is 0 Å². The summed E-state index contributed by atoms with van der Waals surface area (Å²) in [6, 6.07) is 13.6. The number of ether oxygens (including phenoxy) is 2. The molecule has 1 aliphatic rings. The van der Waals surface area contributed by atoms with Crippen molar-refractivity contribution >= 4 is 29.7 Å². The van der Waals surface area contributed by atoms with Crippen molar-refractivity contribution in [1.82, 2.24) is 0 Å². The van der Waals surface area contributed by atoms with Gasteiger partial charge in [-0.25, -0.2) is 9.79 Å². The monoisotopic (exact) mass is 448 g/mol. The van der Waals surface area contributed by atoms with E-state index in [2.05, 4.69) is 11.9 Å². The van der Waals surface area contributed by atoms with Gasteiger partial charge in [-0.05, 0) is 41.8 Å². The number of cyclic esters (lactones) is 1. The summed E-state index contributed by atoms with van der Waals surface area (Å²) in [6.07, 6.45) is 12.1. The van der Waals surface area contributed by atoms with Gasteiger partial charge in [0.25, 0.3) is 5.69 Å². The van der Waals surface area contributed by atoms with Gasteiger partial charge < -0.3 is 9.47 Å². The maximum atomic E-state index is 12.1. The molecule has 172 valence electrons. The van der Waals surface area contributed by atoms with Crippen molar-refractivity contribution in [3.8, 4) is 5.75 Å². The van der Waals surface area contributed by atoms with Crippen LogP contribution in [0.4, 0.5) is 5.69 Å². The third-order valence-corrected chi connectivity index (χ3v) is 5.09. The third-order valence-electron chi connectivity index (χ3n) is 5.09. The molecule has 0 N–H and O–H groups in total. The van der Waals surface area contributed by atoms with E-state index in [9.17, 15) is 14.9 Å². The van der Waals surface area contributed by atoms with Crippen molar-refractivity contribution in [1.29, 1.82) is 0 Å². The molecule has 0 bridgehead atoms. The van der Waals surface area contributed by atoms with Gasteiger partial charge in [0.2, 0.25) is 5.90 Å². The predicted molar refractivity (Wildman–Crippen MR) is 129 cm³/mol. The van der Waals surface area contributed by atoms with Crippen molar-refractivity contribution < 1.29 is 19.2 Å². The number of carbonyl (C=O) groups excluding carboxylic acids is 1. The molecule has 2 aromatic carbocycles. The maximum Gasteiger partial charge on any atom is 0.363 e. The van der Waals surface area contributed by atoms with Gasteiger partial charge in [0, 0.05) is 18.2 Å². The summed E-state index contributed by atoms with van der Waals surface area (Å²) < 4.78 is 10.9. The fourth-order valence-corrected chi connectivity index (χ4v) is 3.30. The van der Waals surface area contributed by atoms with E-state index in [1.807, 2.05) is 24.3 Å². The van der Waals surface area contributed by atoms with Crippen LogP contribution in [0.15, 0.2) is 65.3 Å². The number of carbonyl (C=O) groups is 1. The minimum atomic E-state index is -0.544. The van der Waals surface area contributed by atoms with E-state index in [-0.39, 0.29) is 17.3 Å². The average Bonchev–Trinajstić information content (AvgIpc) is 3.17. The third kappa shape index (κ3) is 7.71. The normalized spacial score (nSPS) is 14.5. The Hall–Kier alpha value is -3.74. The summed E-state index contributed by atoms with van der Waals surface area (Å²) in [5.41, 5.74) is 1.59. The standard InChI is InChI=1S/C26H28N2O5/c1-2-3-4-5-6-7-17-32-23-14-11-21(12-15-23)19-24-26(29)33-25(27-24)16-13-20-9-8-10-22(18-20)28(30)31/h8-16,18-19H,2-7,17H2,1H3. The quantitative estimate of drug-likeness (QED) is 0.124. The minimum absolute atomic E-state index is 0.0116. The topological polar surface area (TPSA) is 91.0 Å². The Balaban J connectivity index is 1.54. The second-order valence-corrected chi connectivity index (χ2v) is 7.74. The van der Waals surface area contributed by atoms with Crippen LogP contribution in [0, 0.1) is 10.1 Å². The number of nitrogens with zero attached hydrogens (tertiary/aromatic N) is 2. The fraction of sp³-hybridized carbons (Fsp3) is 0.308. The molecule has 0 saturated carbocycles. The molecule has 0 unspecified atom stereocenters. The van der Waals surface area contributed by atoms with Crippen LogP contribution < -0.4 is 4.74 Å². The van der Waals surface area contributed by atoms with Crippen molar-refractivity contribution in [2.24, 2.45) is 4.99 Å². The van der Waals surface area contributed by atoms with Crippen LogP contribution in [-0.2, 0) is 9.53 Å². The van der Waals surface area contributed by atoms with E-state index in [1.165, 1.54) is 50.3 Å². The smallest absolute Gasteiger partial charge is 0.363 e. The molecular formula is C26H28N2O5. The second-order valence-electron chi connectivity index (χ2n) is 7.74. The first-order valence-corrected chi connectivity index (χ1v) is 11.2. The van der Waals surface area contributed by atoms with Gasteiger partial charge in [-0.1, -0.05) is 63.3 Å². The molecule has 0 spiro atoms. The van der Waals surface area contributed by atoms with Crippen molar-refractivity contribution in [3.63, 3.8) is 0 Å². The zero-order valence-electron chi connectivity index (χ0n) is 18.7. The van der Waals surface area contributed by atoms with Crippen molar-refractivity contribution in [2.45, 2.75) is 45.4 Å². The molecule has 0 atom stereocenters. The molecule has 0 fully saturated rings. The zero-order chi connectivity index (χ0) is 23.5. The van der Waals surface area contributed by atoms with Crippen molar-refractivity contribution in [2.75, 3.05) is 6.61 Å². The number of hydrogen-bond acceptors (Lipinski definition) is 6. The lowest BCUT2D eigenvalue weighted by molar-refractivity contribution is -0.384. The Morgan fingerprint density at radius 3 is 2.52 bits per heavy atom. The highest BCUT2D eigenvalue weighted by atomic mass is 16.6. The number of unbranched alkanes of at least 4 members (excludes halogenated alkanes) is 5. The average molecular weight is 449 g/mol. The Bertz CT molecular complexity index is 1050. The number of aliphatic imine (C=N–C) groups is 1. The molecule has 1 aliphatic heterocycles. The largest absolute Gasteiger partial charge is 0.494 e. The van der Waals surface area contributed by atoms with E-state index in [0.29, 0.717) is 12.2 Å². The van der Waals surface area contributed by atoms with Crippen LogP contribution in [0.1, 0.15) is 56.6 Å². The lowest BCUT2D eigenvalue weighted by atomic mass is 10.1. The van der Waals surface area contributed by atoms with Gasteiger partial charge in [-0.3, -0.25) is 10.1 Å². The molecule has 0 radical (unpaired) electrons. The Labute approximate surface area is 193 Å². The Kier molecular flexibility index (Phi) is 8.94. The number of nitro groups is 1. The summed E-state index contributed by atoms with van der Waals surface area (Å²) in [5, 5.41) is 10.9. The number of hydrogen-bond donors (Lipinski definition) is 0. The number of nitro benzene ring substituents is 1. The molecule has 0 saturated heterocycles. The van der Waals surface area contributed by atoms with Crippen LogP contribution in [-0.4, -0.2) is 23.4 Å². The van der Waals surface area contributed by atoms with Crippen LogP contribution in [0.3, 0.4) is 0 Å². The summed E-state index contributed by atoms with van der Waals surface area (Å²) in [6.45, 7) is 2.91. The van der Waals surface area contributed by atoms with Gasteiger partial charge in [0.1, 0.15) is 5.75 Å². The van der Waals surface area contributed by atoms with Gasteiger partial charge in [-0.2, -0.15) is 0 Å². The molecule has 1 heterocycles. The summed E-state index contributed by atoms with van der Waals surface area (Å²) in [7, 11) is 0. The Morgan fingerprint density at radius 1 is 1.00 bits per heavy atom. The molecule has 7 nitrogen and oxygen atoms in total.